The van der Waals surface area contributed by atoms with Crippen LogP contribution in [0.15, 0.2) is 23.3 Å². The zero-order valence-corrected chi connectivity index (χ0v) is 6.26. The molecule has 0 aromatic rings. The summed E-state index contributed by atoms with van der Waals surface area (Å²) >= 11 is 0. The lowest BCUT2D eigenvalue weighted by molar-refractivity contribution is -0.105. The molecule has 0 radical (unpaired) electrons. The minimum atomic E-state index is 0.840. The predicted octanol–water partition coefficient (Wildman–Crippen LogP) is 2.24. The SMILES string of the molecule is CCC1=CCC(C=O)=CC1. The third-order valence-corrected chi connectivity index (χ3v) is 1.86. The lowest BCUT2D eigenvalue weighted by Gasteiger charge is -2.07. The summed E-state index contributed by atoms with van der Waals surface area (Å²) in [5.41, 5.74) is 2.38. The summed E-state index contributed by atoms with van der Waals surface area (Å²) in [6.07, 6.45) is 8.05. The molecule has 0 atom stereocenters. The van der Waals surface area contributed by atoms with Crippen LogP contribution in [0.1, 0.15) is 26.2 Å². The lowest BCUT2D eigenvalue weighted by Crippen LogP contribution is -1.92. The molecule has 1 aliphatic carbocycles. The van der Waals surface area contributed by atoms with Crippen LogP contribution >= 0.6 is 0 Å². The molecule has 0 spiro atoms. The van der Waals surface area contributed by atoms with Crippen LogP contribution in [0.25, 0.3) is 0 Å². The Kier molecular flexibility index (Phi) is 2.43. The first-order valence-electron chi connectivity index (χ1n) is 3.69. The highest BCUT2D eigenvalue weighted by molar-refractivity contribution is 5.74. The van der Waals surface area contributed by atoms with Crippen molar-refractivity contribution in [3.63, 3.8) is 0 Å². The van der Waals surface area contributed by atoms with E-state index in [0.717, 1.165) is 31.1 Å². The normalized spacial score (nSPS) is 17.7. The molecule has 0 saturated carbocycles. The molecule has 0 unspecified atom stereocenters. The first kappa shape index (κ1) is 7.26. The molecular formula is C9H12O. The number of hydrogen-bond acceptors (Lipinski definition) is 1. The third-order valence-electron chi connectivity index (χ3n) is 1.86. The first-order valence-corrected chi connectivity index (χ1v) is 3.69. The Morgan fingerprint density at radius 2 is 2.30 bits per heavy atom. The summed E-state index contributed by atoms with van der Waals surface area (Å²) in [5, 5.41) is 0. The zero-order chi connectivity index (χ0) is 7.40. The fourth-order valence-corrected chi connectivity index (χ4v) is 1.08. The van der Waals surface area contributed by atoms with Gasteiger partial charge in [-0.2, -0.15) is 0 Å². The van der Waals surface area contributed by atoms with Crippen molar-refractivity contribution in [1.29, 1.82) is 0 Å². The molecular weight excluding hydrogens is 124 g/mol. The van der Waals surface area contributed by atoms with Crippen molar-refractivity contribution in [1.82, 2.24) is 0 Å². The second-order valence-corrected chi connectivity index (χ2v) is 2.52. The molecule has 0 heterocycles. The van der Waals surface area contributed by atoms with Crippen LogP contribution in [0.2, 0.25) is 0 Å². The molecule has 0 N–H and O–H groups in total. The van der Waals surface area contributed by atoms with Crippen LogP contribution in [-0.2, 0) is 4.79 Å². The number of carbonyl (C=O) groups excluding carboxylic acids is 1. The number of aldehydes is 1. The fraction of sp³-hybridized carbons (Fsp3) is 0.444. The average Bonchev–Trinajstić information content (AvgIpc) is 2.05. The molecule has 0 fully saturated rings. The molecule has 0 aliphatic heterocycles. The minimum absolute atomic E-state index is 0.840. The molecule has 1 aliphatic rings. The Bertz CT molecular complexity index is 187. The molecule has 1 rings (SSSR count). The van der Waals surface area contributed by atoms with Gasteiger partial charge >= 0.3 is 0 Å². The van der Waals surface area contributed by atoms with E-state index in [4.69, 9.17) is 0 Å². The van der Waals surface area contributed by atoms with Gasteiger partial charge < -0.3 is 0 Å². The summed E-state index contributed by atoms with van der Waals surface area (Å²) in [6.45, 7) is 2.14. The summed E-state index contributed by atoms with van der Waals surface area (Å²) < 4.78 is 0. The van der Waals surface area contributed by atoms with E-state index in [0.29, 0.717) is 0 Å². The number of rotatable bonds is 2. The Balaban J connectivity index is 2.52. The Hall–Kier alpha value is -0.850. The minimum Gasteiger partial charge on any atom is -0.298 e. The average molecular weight is 136 g/mol. The van der Waals surface area contributed by atoms with Gasteiger partial charge in [-0.1, -0.05) is 24.6 Å². The summed E-state index contributed by atoms with van der Waals surface area (Å²) in [7, 11) is 0. The van der Waals surface area contributed by atoms with Crippen molar-refractivity contribution >= 4 is 6.29 Å². The molecule has 0 saturated heterocycles. The van der Waals surface area contributed by atoms with Crippen LogP contribution in [0.3, 0.4) is 0 Å². The maximum absolute atomic E-state index is 10.3. The molecule has 0 aromatic carbocycles. The summed E-state index contributed by atoms with van der Waals surface area (Å²) in [5.74, 6) is 0. The van der Waals surface area contributed by atoms with Crippen molar-refractivity contribution < 1.29 is 4.79 Å². The van der Waals surface area contributed by atoms with Crippen molar-refractivity contribution in [3.8, 4) is 0 Å². The number of hydrogen-bond donors (Lipinski definition) is 0. The Morgan fingerprint density at radius 1 is 1.50 bits per heavy atom. The van der Waals surface area contributed by atoms with Gasteiger partial charge in [0.25, 0.3) is 0 Å². The van der Waals surface area contributed by atoms with Crippen LogP contribution in [0.5, 0.6) is 0 Å². The highest BCUT2D eigenvalue weighted by Gasteiger charge is 2.01. The van der Waals surface area contributed by atoms with Gasteiger partial charge in [0, 0.05) is 0 Å². The van der Waals surface area contributed by atoms with E-state index in [-0.39, 0.29) is 0 Å². The molecule has 0 bridgehead atoms. The van der Waals surface area contributed by atoms with Gasteiger partial charge in [-0.25, -0.2) is 0 Å². The quantitative estimate of drug-likeness (QED) is 0.420. The molecule has 1 heteroatoms. The molecule has 10 heavy (non-hydrogen) atoms. The number of carbonyl (C=O) groups is 1. The topological polar surface area (TPSA) is 17.1 Å². The van der Waals surface area contributed by atoms with Gasteiger partial charge in [0.15, 0.2) is 0 Å². The third kappa shape index (κ3) is 1.56. The second kappa shape index (κ2) is 3.35. The summed E-state index contributed by atoms with van der Waals surface area (Å²) in [4.78, 5) is 10.3. The maximum atomic E-state index is 10.3. The lowest BCUT2D eigenvalue weighted by atomic mass is 9.99. The summed E-state index contributed by atoms with van der Waals surface area (Å²) in [6, 6.07) is 0. The Morgan fingerprint density at radius 3 is 2.70 bits per heavy atom. The molecule has 0 amide bonds. The van der Waals surface area contributed by atoms with E-state index in [1.807, 2.05) is 6.08 Å². The zero-order valence-electron chi connectivity index (χ0n) is 6.26. The van der Waals surface area contributed by atoms with E-state index in [1.165, 1.54) is 5.57 Å². The van der Waals surface area contributed by atoms with Gasteiger partial charge in [-0.05, 0) is 24.8 Å². The van der Waals surface area contributed by atoms with Crippen LogP contribution in [-0.4, -0.2) is 6.29 Å². The smallest absolute Gasteiger partial charge is 0.146 e. The fourth-order valence-electron chi connectivity index (χ4n) is 1.08. The predicted molar refractivity (Wildman–Crippen MR) is 41.8 cm³/mol. The van der Waals surface area contributed by atoms with E-state index < -0.39 is 0 Å². The van der Waals surface area contributed by atoms with Crippen molar-refractivity contribution in [3.05, 3.63) is 23.3 Å². The standard InChI is InChI=1S/C9H12O/c1-2-8-3-5-9(7-10)6-4-8/h3,6-7H,2,4-5H2,1H3. The van der Waals surface area contributed by atoms with Gasteiger partial charge in [-0.3, -0.25) is 4.79 Å². The van der Waals surface area contributed by atoms with Gasteiger partial charge in [0.1, 0.15) is 6.29 Å². The van der Waals surface area contributed by atoms with Gasteiger partial charge in [-0.15, -0.1) is 0 Å². The van der Waals surface area contributed by atoms with Crippen LogP contribution < -0.4 is 0 Å². The van der Waals surface area contributed by atoms with E-state index in [9.17, 15) is 4.79 Å². The van der Waals surface area contributed by atoms with Crippen molar-refractivity contribution in [2.45, 2.75) is 26.2 Å². The van der Waals surface area contributed by atoms with Crippen molar-refractivity contribution in [2.75, 3.05) is 0 Å². The van der Waals surface area contributed by atoms with Gasteiger partial charge in [0.05, 0.1) is 0 Å². The highest BCUT2D eigenvalue weighted by atomic mass is 16.1. The van der Waals surface area contributed by atoms with Crippen LogP contribution in [0, 0.1) is 0 Å². The molecule has 1 nitrogen and oxygen atoms in total. The number of allylic oxidation sites excluding steroid dienone is 4. The molecule has 54 valence electrons. The molecule has 0 aromatic heterocycles. The monoisotopic (exact) mass is 136 g/mol. The first-order chi connectivity index (χ1) is 4.86. The highest BCUT2D eigenvalue weighted by Crippen LogP contribution is 2.17. The van der Waals surface area contributed by atoms with E-state index in [1.54, 1.807) is 0 Å². The van der Waals surface area contributed by atoms with Gasteiger partial charge in [0.2, 0.25) is 0 Å². The largest absolute Gasteiger partial charge is 0.298 e. The second-order valence-electron chi connectivity index (χ2n) is 2.52. The maximum Gasteiger partial charge on any atom is 0.146 e. The Labute approximate surface area is 61.4 Å². The van der Waals surface area contributed by atoms with E-state index in [2.05, 4.69) is 13.0 Å². The van der Waals surface area contributed by atoms with E-state index >= 15 is 0 Å². The van der Waals surface area contributed by atoms with Crippen LogP contribution in [0.4, 0.5) is 0 Å². The van der Waals surface area contributed by atoms with Crippen molar-refractivity contribution in [2.24, 2.45) is 0 Å².